The molecule has 1 heterocycles. The highest BCUT2D eigenvalue weighted by Crippen LogP contribution is 2.30. The minimum absolute atomic E-state index is 0.0938. The molecule has 0 radical (unpaired) electrons. The molecule has 1 aliphatic heterocycles. The fourth-order valence-electron chi connectivity index (χ4n) is 1.66. The Morgan fingerprint density at radius 2 is 2.07 bits per heavy atom. The molecule has 14 heavy (non-hydrogen) atoms. The molecule has 1 aromatic rings. The van der Waals surface area contributed by atoms with E-state index in [1.165, 1.54) is 0 Å². The highest BCUT2D eigenvalue weighted by Gasteiger charge is 2.24. The fraction of sp³-hybridized carbons (Fsp3) is 0.250. The molecule has 0 saturated heterocycles. The van der Waals surface area contributed by atoms with E-state index in [9.17, 15) is 4.79 Å². The van der Waals surface area contributed by atoms with E-state index >= 15 is 0 Å². The van der Waals surface area contributed by atoms with Gasteiger partial charge in [0.1, 0.15) is 6.10 Å². The summed E-state index contributed by atoms with van der Waals surface area (Å²) in [6.45, 7) is 2.12. The van der Waals surface area contributed by atoms with Crippen molar-refractivity contribution in [1.29, 1.82) is 0 Å². The second-order valence-electron chi connectivity index (χ2n) is 3.34. The summed E-state index contributed by atoms with van der Waals surface area (Å²) < 4.78 is 5.50. The van der Waals surface area contributed by atoms with Crippen LogP contribution in [-0.2, 0) is 9.53 Å². The molecule has 1 aliphatic rings. The summed E-state index contributed by atoms with van der Waals surface area (Å²) in [7, 11) is 0. The van der Waals surface area contributed by atoms with Gasteiger partial charge in [-0.15, -0.1) is 0 Å². The Morgan fingerprint density at radius 3 is 2.71 bits per heavy atom. The first kappa shape index (κ1) is 9.16. The monoisotopic (exact) mass is 188 g/mol. The summed E-state index contributed by atoms with van der Waals surface area (Å²) >= 11 is 0. The van der Waals surface area contributed by atoms with Crippen LogP contribution in [0.4, 0.5) is 0 Å². The van der Waals surface area contributed by atoms with E-state index in [0.717, 1.165) is 11.1 Å². The molecule has 0 N–H and O–H groups in total. The fourth-order valence-corrected chi connectivity index (χ4v) is 1.66. The Balaban J connectivity index is 2.29. The van der Waals surface area contributed by atoms with Crippen molar-refractivity contribution in [2.45, 2.75) is 13.0 Å². The normalized spacial score (nSPS) is 20.6. The quantitative estimate of drug-likeness (QED) is 0.711. The van der Waals surface area contributed by atoms with Gasteiger partial charge in [0.2, 0.25) is 0 Å². The molecular formula is C12H12O2. The molecule has 0 aromatic heterocycles. The van der Waals surface area contributed by atoms with Crippen molar-refractivity contribution in [3.63, 3.8) is 0 Å². The van der Waals surface area contributed by atoms with Crippen molar-refractivity contribution in [3.05, 3.63) is 47.5 Å². The lowest BCUT2D eigenvalue weighted by Gasteiger charge is -2.12. The minimum Gasteiger partial charge on any atom is -0.365 e. The van der Waals surface area contributed by atoms with Crippen LogP contribution in [-0.4, -0.2) is 12.4 Å². The summed E-state index contributed by atoms with van der Waals surface area (Å²) in [5, 5.41) is 0. The highest BCUT2D eigenvalue weighted by molar-refractivity contribution is 5.94. The van der Waals surface area contributed by atoms with Gasteiger partial charge in [-0.2, -0.15) is 0 Å². The van der Waals surface area contributed by atoms with E-state index in [1.807, 2.05) is 36.4 Å². The van der Waals surface area contributed by atoms with Crippen LogP contribution < -0.4 is 0 Å². The zero-order valence-electron chi connectivity index (χ0n) is 8.07. The molecule has 0 bridgehead atoms. The Labute approximate surface area is 83.2 Å². The first-order valence-corrected chi connectivity index (χ1v) is 4.66. The predicted molar refractivity (Wildman–Crippen MR) is 53.9 cm³/mol. The largest absolute Gasteiger partial charge is 0.365 e. The average molecular weight is 188 g/mol. The van der Waals surface area contributed by atoms with Gasteiger partial charge < -0.3 is 4.74 Å². The van der Waals surface area contributed by atoms with Gasteiger partial charge >= 0.3 is 0 Å². The second kappa shape index (κ2) is 3.76. The van der Waals surface area contributed by atoms with Gasteiger partial charge in [0.05, 0.1) is 6.61 Å². The molecule has 72 valence electrons. The lowest BCUT2D eigenvalue weighted by molar-refractivity contribution is -0.114. The van der Waals surface area contributed by atoms with Crippen molar-refractivity contribution < 1.29 is 9.53 Å². The third-order valence-corrected chi connectivity index (χ3v) is 2.36. The number of ketones is 1. The van der Waals surface area contributed by atoms with E-state index in [-0.39, 0.29) is 11.9 Å². The Hall–Kier alpha value is -1.41. The van der Waals surface area contributed by atoms with Crippen LogP contribution in [0.1, 0.15) is 18.6 Å². The van der Waals surface area contributed by atoms with Gasteiger partial charge in [-0.1, -0.05) is 30.3 Å². The maximum atomic E-state index is 11.3. The zero-order chi connectivity index (χ0) is 9.97. The molecule has 2 rings (SSSR count). The molecule has 2 heteroatoms. The van der Waals surface area contributed by atoms with Crippen LogP contribution >= 0.6 is 0 Å². The van der Waals surface area contributed by atoms with Crippen molar-refractivity contribution in [2.24, 2.45) is 0 Å². The molecule has 1 aromatic carbocycles. The summed E-state index contributed by atoms with van der Waals surface area (Å²) in [6, 6.07) is 9.82. The third kappa shape index (κ3) is 1.61. The van der Waals surface area contributed by atoms with Gasteiger partial charge in [0.15, 0.2) is 5.78 Å². The number of rotatable bonds is 2. The summed E-state index contributed by atoms with van der Waals surface area (Å²) in [6.07, 6.45) is 1.70. The van der Waals surface area contributed by atoms with Crippen LogP contribution in [0.25, 0.3) is 0 Å². The van der Waals surface area contributed by atoms with Crippen LogP contribution in [0, 0.1) is 0 Å². The van der Waals surface area contributed by atoms with Crippen molar-refractivity contribution in [1.82, 2.24) is 0 Å². The lowest BCUT2D eigenvalue weighted by Crippen LogP contribution is -2.06. The Morgan fingerprint density at radius 1 is 1.36 bits per heavy atom. The van der Waals surface area contributed by atoms with Gasteiger partial charge in [0.25, 0.3) is 0 Å². The number of hydrogen-bond donors (Lipinski definition) is 0. The first-order chi connectivity index (χ1) is 6.79. The molecule has 1 unspecified atom stereocenters. The minimum atomic E-state index is -0.159. The maximum absolute atomic E-state index is 11.3. The Kier molecular flexibility index (Phi) is 2.46. The highest BCUT2D eigenvalue weighted by atomic mass is 16.5. The molecular weight excluding hydrogens is 176 g/mol. The molecule has 2 nitrogen and oxygen atoms in total. The third-order valence-electron chi connectivity index (χ3n) is 2.36. The molecule has 0 aliphatic carbocycles. The molecule has 0 fully saturated rings. The van der Waals surface area contributed by atoms with E-state index in [1.54, 1.807) is 6.92 Å². The standard InChI is InChI=1S/C12H12O2/c1-9(13)11-7-8-14-12(11)10-5-3-2-4-6-10/h2-7,12H,8H2,1H3. The lowest BCUT2D eigenvalue weighted by atomic mass is 10.0. The second-order valence-corrected chi connectivity index (χ2v) is 3.34. The summed E-state index contributed by atoms with van der Waals surface area (Å²) in [5.74, 6) is 0.0938. The van der Waals surface area contributed by atoms with E-state index < -0.39 is 0 Å². The van der Waals surface area contributed by atoms with Crippen molar-refractivity contribution >= 4 is 5.78 Å². The number of hydrogen-bond acceptors (Lipinski definition) is 2. The first-order valence-electron chi connectivity index (χ1n) is 4.66. The predicted octanol–water partition coefficient (Wildman–Crippen LogP) is 2.27. The number of carbonyl (C=O) groups is 1. The topological polar surface area (TPSA) is 26.3 Å². The summed E-state index contributed by atoms with van der Waals surface area (Å²) in [4.78, 5) is 11.3. The maximum Gasteiger partial charge on any atom is 0.158 e. The van der Waals surface area contributed by atoms with E-state index in [4.69, 9.17) is 4.74 Å². The Bertz CT molecular complexity index is 365. The SMILES string of the molecule is CC(=O)C1=CCOC1c1ccccc1. The van der Waals surface area contributed by atoms with Gasteiger partial charge in [0, 0.05) is 5.57 Å². The van der Waals surface area contributed by atoms with E-state index in [2.05, 4.69) is 0 Å². The van der Waals surface area contributed by atoms with Crippen LogP contribution in [0.5, 0.6) is 0 Å². The molecule has 1 atom stereocenters. The molecule has 0 amide bonds. The van der Waals surface area contributed by atoms with Crippen molar-refractivity contribution in [2.75, 3.05) is 6.61 Å². The van der Waals surface area contributed by atoms with Crippen molar-refractivity contribution in [3.8, 4) is 0 Å². The van der Waals surface area contributed by atoms with Gasteiger partial charge in [-0.3, -0.25) is 4.79 Å². The number of Topliss-reactive ketones (excluding diaryl/α,β-unsaturated/α-hetero) is 1. The van der Waals surface area contributed by atoms with Crippen LogP contribution in [0.15, 0.2) is 42.0 Å². The van der Waals surface area contributed by atoms with E-state index in [0.29, 0.717) is 6.61 Å². The van der Waals surface area contributed by atoms with Gasteiger partial charge in [-0.25, -0.2) is 0 Å². The van der Waals surface area contributed by atoms with Gasteiger partial charge in [-0.05, 0) is 18.6 Å². The average Bonchev–Trinajstić information content (AvgIpc) is 2.67. The number of ether oxygens (including phenoxy) is 1. The molecule has 0 spiro atoms. The molecule has 0 saturated carbocycles. The number of carbonyl (C=O) groups excluding carboxylic acids is 1. The smallest absolute Gasteiger partial charge is 0.158 e. The zero-order valence-corrected chi connectivity index (χ0v) is 8.07. The van der Waals surface area contributed by atoms with Crippen LogP contribution in [0.2, 0.25) is 0 Å². The summed E-state index contributed by atoms with van der Waals surface area (Å²) in [5.41, 5.74) is 1.82. The van der Waals surface area contributed by atoms with Crippen LogP contribution in [0.3, 0.4) is 0 Å². The number of benzene rings is 1.